The Morgan fingerprint density at radius 2 is 2.09 bits per heavy atom. The lowest BCUT2D eigenvalue weighted by Gasteiger charge is -2.28. The Labute approximate surface area is 131 Å². The molecule has 0 unspecified atom stereocenters. The highest BCUT2D eigenvalue weighted by atomic mass is 35.5. The quantitative estimate of drug-likeness (QED) is 0.941. The Hall–Kier alpha value is -2.34. The average Bonchev–Trinajstić information content (AvgIpc) is 2.82. The van der Waals surface area contributed by atoms with Crippen LogP contribution in [0.25, 0.3) is 0 Å². The molecule has 1 aliphatic heterocycles. The molecule has 0 atom stereocenters. The number of benzene rings is 1. The molecule has 0 saturated carbocycles. The molecular formula is C15H14ClN3O3. The molecule has 3 rings (SSSR count). The van der Waals surface area contributed by atoms with Crippen molar-refractivity contribution < 1.29 is 14.7 Å². The van der Waals surface area contributed by atoms with E-state index < -0.39 is 5.97 Å². The molecule has 0 saturated heterocycles. The first-order valence-corrected chi connectivity index (χ1v) is 7.20. The van der Waals surface area contributed by atoms with Crippen LogP contribution < -0.4 is 0 Å². The highest BCUT2D eigenvalue weighted by molar-refractivity contribution is 6.31. The second-order valence-corrected chi connectivity index (χ2v) is 5.58. The number of aromatic nitrogens is 2. The fourth-order valence-electron chi connectivity index (χ4n) is 2.64. The minimum Gasteiger partial charge on any atom is -0.476 e. The number of nitrogens with zero attached hydrogens (tertiary/aromatic N) is 3. The summed E-state index contributed by atoms with van der Waals surface area (Å²) in [7, 11) is 0. The van der Waals surface area contributed by atoms with Gasteiger partial charge in [-0.25, -0.2) is 4.79 Å². The first kappa shape index (κ1) is 14.6. The Morgan fingerprint density at radius 1 is 1.36 bits per heavy atom. The van der Waals surface area contributed by atoms with Gasteiger partial charge in [0.2, 0.25) is 0 Å². The molecule has 0 aliphatic carbocycles. The van der Waals surface area contributed by atoms with E-state index in [4.69, 9.17) is 16.7 Å². The van der Waals surface area contributed by atoms with Gasteiger partial charge in [0.15, 0.2) is 5.69 Å². The fourth-order valence-corrected chi connectivity index (χ4v) is 2.83. The monoisotopic (exact) mass is 319 g/mol. The average molecular weight is 320 g/mol. The minimum atomic E-state index is -1.12. The molecule has 22 heavy (non-hydrogen) atoms. The number of hydrogen-bond donors (Lipinski definition) is 1. The summed E-state index contributed by atoms with van der Waals surface area (Å²) in [6.07, 6.45) is 0. The van der Waals surface area contributed by atoms with E-state index in [2.05, 4.69) is 5.10 Å². The van der Waals surface area contributed by atoms with Crippen LogP contribution in [0, 0.1) is 6.92 Å². The van der Waals surface area contributed by atoms with Crippen molar-refractivity contribution in [2.45, 2.75) is 20.0 Å². The predicted molar refractivity (Wildman–Crippen MR) is 80.1 cm³/mol. The van der Waals surface area contributed by atoms with Crippen LogP contribution in [0.4, 0.5) is 0 Å². The van der Waals surface area contributed by atoms with E-state index in [1.165, 1.54) is 4.68 Å². The summed E-state index contributed by atoms with van der Waals surface area (Å²) in [5.74, 6) is -1.34. The standard InChI is InChI=1S/C15H14ClN3O3/c1-9-12(15(21)22)17-19-7-6-18(14(20)13(9)19)8-10-4-2-3-5-11(10)16/h2-5H,6-8H2,1H3,(H,21,22). The van der Waals surface area contributed by atoms with E-state index in [1.807, 2.05) is 18.2 Å². The van der Waals surface area contributed by atoms with Crippen LogP contribution in [-0.2, 0) is 13.1 Å². The summed E-state index contributed by atoms with van der Waals surface area (Å²) < 4.78 is 1.48. The molecule has 0 fully saturated rings. The summed E-state index contributed by atoms with van der Waals surface area (Å²) in [6, 6.07) is 7.36. The molecular weight excluding hydrogens is 306 g/mol. The van der Waals surface area contributed by atoms with Gasteiger partial charge in [0.05, 0.1) is 6.54 Å². The normalized spacial score (nSPS) is 14.1. The third-order valence-electron chi connectivity index (χ3n) is 3.78. The molecule has 6 nitrogen and oxygen atoms in total. The van der Waals surface area contributed by atoms with Crippen LogP contribution in [-0.4, -0.2) is 38.2 Å². The van der Waals surface area contributed by atoms with Gasteiger partial charge in [-0.3, -0.25) is 9.48 Å². The minimum absolute atomic E-state index is 0.0667. The van der Waals surface area contributed by atoms with Crippen molar-refractivity contribution >= 4 is 23.5 Å². The van der Waals surface area contributed by atoms with Crippen molar-refractivity contribution in [3.05, 3.63) is 51.8 Å². The van der Waals surface area contributed by atoms with Gasteiger partial charge >= 0.3 is 5.97 Å². The zero-order valence-electron chi connectivity index (χ0n) is 11.9. The zero-order valence-corrected chi connectivity index (χ0v) is 12.7. The highest BCUT2D eigenvalue weighted by Crippen LogP contribution is 2.23. The topological polar surface area (TPSA) is 75.4 Å². The Balaban J connectivity index is 1.92. The van der Waals surface area contributed by atoms with Crippen molar-refractivity contribution in [3.63, 3.8) is 0 Å². The number of halogens is 1. The van der Waals surface area contributed by atoms with E-state index in [1.54, 1.807) is 17.9 Å². The SMILES string of the molecule is Cc1c(C(=O)O)nn2c1C(=O)N(Cc1ccccc1Cl)CC2. The van der Waals surface area contributed by atoms with Crippen molar-refractivity contribution in [1.29, 1.82) is 0 Å². The lowest BCUT2D eigenvalue weighted by molar-refractivity contribution is 0.0670. The van der Waals surface area contributed by atoms with Crippen LogP contribution in [0.2, 0.25) is 5.02 Å². The summed E-state index contributed by atoms with van der Waals surface area (Å²) in [4.78, 5) is 25.4. The first-order valence-electron chi connectivity index (χ1n) is 6.82. The summed E-state index contributed by atoms with van der Waals surface area (Å²) in [5.41, 5.74) is 1.54. The molecule has 7 heteroatoms. The highest BCUT2D eigenvalue weighted by Gasteiger charge is 2.31. The van der Waals surface area contributed by atoms with E-state index >= 15 is 0 Å². The molecule has 2 heterocycles. The van der Waals surface area contributed by atoms with Crippen molar-refractivity contribution in [2.75, 3.05) is 6.54 Å². The molecule has 0 bridgehead atoms. The van der Waals surface area contributed by atoms with Gasteiger partial charge < -0.3 is 10.0 Å². The maximum Gasteiger partial charge on any atom is 0.356 e. The second kappa shape index (κ2) is 5.46. The van der Waals surface area contributed by atoms with Crippen LogP contribution >= 0.6 is 11.6 Å². The van der Waals surface area contributed by atoms with Crippen LogP contribution in [0.3, 0.4) is 0 Å². The number of aromatic carboxylic acids is 1. The summed E-state index contributed by atoms with van der Waals surface area (Å²) in [6.45, 7) is 2.95. The van der Waals surface area contributed by atoms with Gasteiger partial charge in [0.25, 0.3) is 5.91 Å². The smallest absolute Gasteiger partial charge is 0.356 e. The lowest BCUT2D eigenvalue weighted by atomic mass is 10.1. The number of carboxylic acid groups (broad SMARTS) is 1. The molecule has 1 aromatic heterocycles. The van der Waals surface area contributed by atoms with E-state index in [0.29, 0.717) is 35.9 Å². The molecule has 114 valence electrons. The third kappa shape index (κ3) is 2.35. The zero-order chi connectivity index (χ0) is 15.9. The van der Waals surface area contributed by atoms with Gasteiger partial charge in [-0.15, -0.1) is 0 Å². The third-order valence-corrected chi connectivity index (χ3v) is 4.15. The summed E-state index contributed by atoms with van der Waals surface area (Å²) in [5, 5.41) is 13.7. The van der Waals surface area contributed by atoms with Gasteiger partial charge in [-0.1, -0.05) is 29.8 Å². The Kier molecular flexibility index (Phi) is 3.62. The van der Waals surface area contributed by atoms with Crippen LogP contribution in [0.15, 0.2) is 24.3 Å². The number of carbonyl (C=O) groups is 2. The summed E-state index contributed by atoms with van der Waals surface area (Å²) >= 11 is 6.14. The fraction of sp³-hybridized carbons (Fsp3) is 0.267. The molecule has 1 amide bonds. The predicted octanol–water partition coefficient (Wildman–Crippen LogP) is 2.20. The van der Waals surface area contributed by atoms with Crippen molar-refractivity contribution in [1.82, 2.24) is 14.7 Å². The molecule has 1 aliphatic rings. The molecule has 1 N–H and O–H groups in total. The number of hydrogen-bond acceptors (Lipinski definition) is 3. The Bertz CT molecular complexity index is 769. The van der Waals surface area contributed by atoms with Crippen molar-refractivity contribution in [3.8, 4) is 0 Å². The van der Waals surface area contributed by atoms with Crippen LogP contribution in [0.1, 0.15) is 32.1 Å². The first-order chi connectivity index (χ1) is 10.5. The maximum absolute atomic E-state index is 12.6. The second-order valence-electron chi connectivity index (χ2n) is 5.17. The van der Waals surface area contributed by atoms with Crippen LogP contribution in [0.5, 0.6) is 0 Å². The van der Waals surface area contributed by atoms with Gasteiger partial charge in [0.1, 0.15) is 5.69 Å². The van der Waals surface area contributed by atoms with E-state index in [0.717, 1.165) is 5.56 Å². The number of amides is 1. The molecule has 0 spiro atoms. The van der Waals surface area contributed by atoms with Gasteiger partial charge in [-0.2, -0.15) is 5.10 Å². The molecule has 0 radical (unpaired) electrons. The number of rotatable bonds is 3. The van der Waals surface area contributed by atoms with E-state index in [9.17, 15) is 9.59 Å². The largest absolute Gasteiger partial charge is 0.476 e. The molecule has 2 aromatic rings. The Morgan fingerprint density at radius 3 is 2.77 bits per heavy atom. The lowest BCUT2D eigenvalue weighted by Crippen LogP contribution is -2.40. The van der Waals surface area contributed by atoms with Gasteiger partial charge in [-0.05, 0) is 18.6 Å². The maximum atomic E-state index is 12.6. The number of carbonyl (C=O) groups excluding carboxylic acids is 1. The van der Waals surface area contributed by atoms with Gasteiger partial charge in [0, 0.05) is 23.7 Å². The molecule has 1 aromatic carbocycles. The van der Waals surface area contributed by atoms with E-state index in [-0.39, 0.29) is 11.6 Å². The number of carboxylic acids is 1. The number of fused-ring (bicyclic) bond motifs is 1. The van der Waals surface area contributed by atoms with Crippen molar-refractivity contribution in [2.24, 2.45) is 0 Å².